The van der Waals surface area contributed by atoms with Gasteiger partial charge in [-0.2, -0.15) is 0 Å². The number of carboxylic acids is 1. The SMILES string of the molecule is Cc1nc(C(=O)NC2CC(=O)N(C)C2c2ccc(Cl)cc2)ccc1C(=O)O. The molecule has 8 heteroatoms. The van der Waals surface area contributed by atoms with Crippen LogP contribution in [0.3, 0.4) is 0 Å². The Bertz CT molecular complexity index is 914. The van der Waals surface area contributed by atoms with E-state index >= 15 is 0 Å². The molecule has 7 nitrogen and oxygen atoms in total. The van der Waals surface area contributed by atoms with Crippen molar-refractivity contribution in [3.8, 4) is 0 Å². The van der Waals surface area contributed by atoms with Gasteiger partial charge in [-0.1, -0.05) is 23.7 Å². The molecule has 1 fully saturated rings. The Hall–Kier alpha value is -2.93. The molecule has 0 bridgehead atoms. The van der Waals surface area contributed by atoms with E-state index in [4.69, 9.17) is 16.7 Å². The van der Waals surface area contributed by atoms with Crippen molar-refractivity contribution in [2.75, 3.05) is 7.05 Å². The van der Waals surface area contributed by atoms with Crippen molar-refractivity contribution >= 4 is 29.4 Å². The van der Waals surface area contributed by atoms with E-state index in [0.29, 0.717) is 5.02 Å². The molecule has 0 saturated carbocycles. The molecule has 1 saturated heterocycles. The van der Waals surface area contributed by atoms with Gasteiger partial charge in [-0.15, -0.1) is 0 Å². The predicted molar refractivity (Wildman–Crippen MR) is 98.8 cm³/mol. The van der Waals surface area contributed by atoms with Gasteiger partial charge < -0.3 is 15.3 Å². The molecule has 2 N–H and O–H groups in total. The number of nitrogens with one attached hydrogen (secondary N) is 1. The number of aromatic carboxylic acids is 1. The van der Waals surface area contributed by atoms with Crippen LogP contribution in [0.4, 0.5) is 0 Å². The number of amides is 2. The Balaban J connectivity index is 1.83. The first-order chi connectivity index (χ1) is 12.8. The molecule has 140 valence electrons. The van der Waals surface area contributed by atoms with E-state index in [0.717, 1.165) is 5.56 Å². The number of hydrogen-bond acceptors (Lipinski definition) is 4. The predicted octanol–water partition coefficient (Wildman–Crippen LogP) is 2.44. The van der Waals surface area contributed by atoms with E-state index in [1.54, 1.807) is 24.1 Å². The first kappa shape index (κ1) is 18.8. The highest BCUT2D eigenvalue weighted by molar-refractivity contribution is 6.30. The number of halogens is 1. The van der Waals surface area contributed by atoms with Gasteiger partial charge in [0.05, 0.1) is 23.3 Å². The summed E-state index contributed by atoms with van der Waals surface area (Å²) in [7, 11) is 1.69. The number of likely N-dealkylation sites (tertiary alicyclic amines) is 1. The zero-order chi connectivity index (χ0) is 19.7. The summed E-state index contributed by atoms with van der Waals surface area (Å²) in [6.45, 7) is 1.53. The second-order valence-corrected chi connectivity index (χ2v) is 6.86. The maximum absolute atomic E-state index is 12.6. The summed E-state index contributed by atoms with van der Waals surface area (Å²) in [4.78, 5) is 41.6. The number of carbonyl (C=O) groups is 3. The number of carboxylic acid groups (broad SMARTS) is 1. The zero-order valence-corrected chi connectivity index (χ0v) is 15.5. The molecule has 27 heavy (non-hydrogen) atoms. The van der Waals surface area contributed by atoms with Gasteiger partial charge in [0.1, 0.15) is 5.69 Å². The summed E-state index contributed by atoms with van der Waals surface area (Å²) in [6, 6.07) is 9.09. The van der Waals surface area contributed by atoms with Crippen molar-refractivity contribution in [3.63, 3.8) is 0 Å². The van der Waals surface area contributed by atoms with Crippen LogP contribution in [0.25, 0.3) is 0 Å². The van der Waals surface area contributed by atoms with Crippen LogP contribution in [0.5, 0.6) is 0 Å². The molecule has 0 radical (unpaired) electrons. The average molecular weight is 388 g/mol. The van der Waals surface area contributed by atoms with Crippen LogP contribution in [-0.4, -0.2) is 45.9 Å². The van der Waals surface area contributed by atoms with Crippen molar-refractivity contribution in [1.29, 1.82) is 0 Å². The molecule has 0 spiro atoms. The van der Waals surface area contributed by atoms with Crippen LogP contribution in [-0.2, 0) is 4.79 Å². The van der Waals surface area contributed by atoms with E-state index in [2.05, 4.69) is 10.3 Å². The van der Waals surface area contributed by atoms with Crippen LogP contribution >= 0.6 is 11.6 Å². The summed E-state index contributed by atoms with van der Waals surface area (Å²) in [5, 5.41) is 12.5. The third-order valence-corrected chi connectivity index (χ3v) is 4.92. The second kappa shape index (κ2) is 7.36. The van der Waals surface area contributed by atoms with Gasteiger partial charge in [0.2, 0.25) is 5.91 Å². The van der Waals surface area contributed by atoms with Gasteiger partial charge in [0.15, 0.2) is 0 Å². The molecular weight excluding hydrogens is 370 g/mol. The summed E-state index contributed by atoms with van der Waals surface area (Å²) < 4.78 is 0. The molecule has 2 heterocycles. The number of aromatic nitrogens is 1. The topological polar surface area (TPSA) is 99.6 Å². The summed E-state index contributed by atoms with van der Waals surface area (Å²) in [5.74, 6) is -1.63. The Morgan fingerprint density at radius 2 is 1.89 bits per heavy atom. The Morgan fingerprint density at radius 1 is 1.22 bits per heavy atom. The number of carbonyl (C=O) groups excluding carboxylic acids is 2. The first-order valence-electron chi connectivity index (χ1n) is 8.31. The summed E-state index contributed by atoms with van der Waals surface area (Å²) in [6.07, 6.45) is 0.168. The van der Waals surface area contributed by atoms with Crippen LogP contribution in [0, 0.1) is 6.92 Å². The normalized spacial score (nSPS) is 19.2. The zero-order valence-electron chi connectivity index (χ0n) is 14.8. The minimum atomic E-state index is -1.10. The lowest BCUT2D eigenvalue weighted by Crippen LogP contribution is -2.39. The third-order valence-electron chi connectivity index (χ3n) is 4.66. The van der Waals surface area contributed by atoms with Crippen LogP contribution < -0.4 is 5.32 Å². The van der Waals surface area contributed by atoms with E-state index in [9.17, 15) is 14.4 Å². The van der Waals surface area contributed by atoms with Gasteiger partial charge in [-0.05, 0) is 36.8 Å². The molecule has 2 atom stereocenters. The van der Waals surface area contributed by atoms with Crippen LogP contribution in [0.2, 0.25) is 5.02 Å². The summed E-state index contributed by atoms with van der Waals surface area (Å²) >= 11 is 5.93. The Labute approximate surface area is 161 Å². The number of hydrogen-bond donors (Lipinski definition) is 2. The second-order valence-electron chi connectivity index (χ2n) is 6.42. The van der Waals surface area contributed by atoms with E-state index in [1.165, 1.54) is 19.1 Å². The highest BCUT2D eigenvalue weighted by atomic mass is 35.5. The average Bonchev–Trinajstić information content (AvgIpc) is 2.89. The fourth-order valence-electron chi connectivity index (χ4n) is 3.27. The molecule has 1 aromatic heterocycles. The fourth-order valence-corrected chi connectivity index (χ4v) is 3.40. The minimum absolute atomic E-state index is 0.0429. The van der Waals surface area contributed by atoms with E-state index in [1.807, 2.05) is 12.1 Å². The van der Waals surface area contributed by atoms with Crippen LogP contribution in [0.15, 0.2) is 36.4 Å². The maximum atomic E-state index is 12.6. The highest BCUT2D eigenvalue weighted by Crippen LogP contribution is 2.32. The number of aryl methyl sites for hydroxylation is 1. The highest BCUT2D eigenvalue weighted by Gasteiger charge is 2.39. The van der Waals surface area contributed by atoms with Crippen molar-refractivity contribution < 1.29 is 19.5 Å². The van der Waals surface area contributed by atoms with Gasteiger partial charge in [-0.3, -0.25) is 9.59 Å². The van der Waals surface area contributed by atoms with Gasteiger partial charge in [0.25, 0.3) is 5.91 Å². The smallest absolute Gasteiger partial charge is 0.337 e. The van der Waals surface area contributed by atoms with Gasteiger partial charge in [0, 0.05) is 18.5 Å². The van der Waals surface area contributed by atoms with E-state index < -0.39 is 17.9 Å². The Morgan fingerprint density at radius 3 is 2.48 bits per heavy atom. The molecule has 3 rings (SSSR count). The molecule has 1 aliphatic rings. The lowest BCUT2D eigenvalue weighted by molar-refractivity contribution is -0.127. The van der Waals surface area contributed by atoms with Gasteiger partial charge >= 0.3 is 5.97 Å². The number of likely N-dealkylation sites (N-methyl/N-ethyl adjacent to an activating group) is 1. The molecular formula is C19H18ClN3O4. The summed E-state index contributed by atoms with van der Waals surface area (Å²) in [5.41, 5.74) is 1.27. The fraction of sp³-hybridized carbons (Fsp3) is 0.263. The first-order valence-corrected chi connectivity index (χ1v) is 8.68. The van der Waals surface area contributed by atoms with Crippen molar-refractivity contribution in [2.24, 2.45) is 0 Å². The van der Waals surface area contributed by atoms with Crippen molar-refractivity contribution in [3.05, 3.63) is 63.9 Å². The van der Waals surface area contributed by atoms with E-state index in [-0.39, 0.29) is 35.3 Å². The molecule has 2 amide bonds. The lowest BCUT2D eigenvalue weighted by atomic mass is 10.00. The molecule has 0 aliphatic carbocycles. The lowest BCUT2D eigenvalue weighted by Gasteiger charge is -2.26. The molecule has 1 aliphatic heterocycles. The van der Waals surface area contributed by atoms with Gasteiger partial charge in [-0.25, -0.2) is 9.78 Å². The Kier molecular flexibility index (Phi) is 5.14. The third kappa shape index (κ3) is 3.78. The van der Waals surface area contributed by atoms with Crippen molar-refractivity contribution in [1.82, 2.24) is 15.2 Å². The largest absolute Gasteiger partial charge is 0.478 e. The van der Waals surface area contributed by atoms with Crippen molar-refractivity contribution in [2.45, 2.75) is 25.4 Å². The van der Waals surface area contributed by atoms with Crippen LogP contribution in [0.1, 0.15) is 44.6 Å². The number of benzene rings is 1. The molecule has 2 unspecified atom stereocenters. The number of nitrogens with zero attached hydrogens (tertiary/aromatic N) is 2. The minimum Gasteiger partial charge on any atom is -0.478 e. The maximum Gasteiger partial charge on any atom is 0.337 e. The molecule has 2 aromatic rings. The standard InChI is InChI=1S/C19H18ClN3O4/c1-10-13(19(26)27)7-8-14(21-10)18(25)22-15-9-16(24)23(2)17(15)11-3-5-12(20)6-4-11/h3-8,15,17H,9H2,1-2H3,(H,22,25)(H,26,27). The number of pyridine rings is 1. The quantitative estimate of drug-likeness (QED) is 0.839. The monoisotopic (exact) mass is 387 g/mol. The molecule has 1 aromatic carbocycles. The number of rotatable bonds is 4.